The molecule has 0 unspecified atom stereocenters. The van der Waals surface area contributed by atoms with Gasteiger partial charge in [0.2, 0.25) is 0 Å². The van der Waals surface area contributed by atoms with Crippen LogP contribution < -0.4 is 9.47 Å². The fourth-order valence-corrected chi connectivity index (χ4v) is 3.47. The van der Waals surface area contributed by atoms with Crippen molar-refractivity contribution in [3.8, 4) is 11.5 Å². The van der Waals surface area contributed by atoms with Crippen LogP contribution in [-0.4, -0.2) is 11.6 Å². The number of ether oxygens (including phenoxy) is 2. The van der Waals surface area contributed by atoms with E-state index in [1.165, 1.54) is 5.56 Å². The highest BCUT2D eigenvalue weighted by atomic mass is 16.5. The lowest BCUT2D eigenvalue weighted by Gasteiger charge is -2.30. The first kappa shape index (κ1) is 22.6. The number of hydrogen-bond acceptors (Lipinski definition) is 3. The molecule has 3 rings (SSSR count). The molecular formula is C28H32O3. The van der Waals surface area contributed by atoms with Crippen molar-refractivity contribution >= 4 is 5.97 Å². The van der Waals surface area contributed by atoms with E-state index in [1.807, 2.05) is 42.5 Å². The molecule has 0 aromatic heterocycles. The number of benzene rings is 3. The van der Waals surface area contributed by atoms with Gasteiger partial charge in [0, 0.05) is 5.41 Å². The molecule has 0 saturated carbocycles. The quantitative estimate of drug-likeness (QED) is 0.288. The van der Waals surface area contributed by atoms with Gasteiger partial charge in [-0.3, -0.25) is 0 Å². The molecule has 3 nitrogen and oxygen atoms in total. The third kappa shape index (κ3) is 5.35. The molecule has 162 valence electrons. The number of esters is 1. The molecule has 31 heavy (non-hydrogen) atoms. The van der Waals surface area contributed by atoms with Gasteiger partial charge in [-0.05, 0) is 67.3 Å². The molecule has 0 atom stereocenters. The molecule has 0 spiro atoms. The number of carbonyl (C=O) groups is 1. The molecule has 0 bridgehead atoms. The molecule has 0 radical (unpaired) electrons. The fraction of sp³-hybridized carbons (Fsp3) is 0.321. The van der Waals surface area contributed by atoms with Crippen LogP contribution in [0.4, 0.5) is 0 Å². The molecule has 3 aromatic carbocycles. The van der Waals surface area contributed by atoms with Crippen LogP contribution in [0.5, 0.6) is 11.5 Å². The SMILES string of the molecule is CCC(C)(CC)Oc1ccc(C(C)(C)c2ccc(OC(=O)c3ccccc3)cc2)cc1. The van der Waals surface area contributed by atoms with E-state index in [2.05, 4.69) is 58.9 Å². The highest BCUT2D eigenvalue weighted by Crippen LogP contribution is 2.34. The van der Waals surface area contributed by atoms with Crippen LogP contribution in [0.15, 0.2) is 78.9 Å². The van der Waals surface area contributed by atoms with Crippen molar-refractivity contribution in [2.24, 2.45) is 0 Å². The monoisotopic (exact) mass is 416 g/mol. The Balaban J connectivity index is 1.72. The predicted octanol–water partition coefficient (Wildman–Crippen LogP) is 7.19. The van der Waals surface area contributed by atoms with Crippen LogP contribution in [0.1, 0.15) is 68.9 Å². The van der Waals surface area contributed by atoms with Gasteiger partial charge in [-0.2, -0.15) is 0 Å². The summed E-state index contributed by atoms with van der Waals surface area (Å²) in [6.07, 6.45) is 1.94. The van der Waals surface area contributed by atoms with Gasteiger partial charge in [-0.1, -0.05) is 70.2 Å². The minimum atomic E-state index is -0.352. The molecule has 0 aliphatic rings. The lowest BCUT2D eigenvalue weighted by molar-refractivity contribution is 0.0734. The van der Waals surface area contributed by atoms with E-state index in [4.69, 9.17) is 9.47 Å². The van der Waals surface area contributed by atoms with Crippen molar-refractivity contribution in [1.29, 1.82) is 0 Å². The summed E-state index contributed by atoms with van der Waals surface area (Å²) < 4.78 is 11.7. The van der Waals surface area contributed by atoms with E-state index in [0.29, 0.717) is 11.3 Å². The molecule has 0 aliphatic carbocycles. The summed E-state index contributed by atoms with van der Waals surface area (Å²) in [5, 5.41) is 0. The fourth-order valence-electron chi connectivity index (χ4n) is 3.47. The Morgan fingerprint density at radius 2 is 1.19 bits per heavy atom. The van der Waals surface area contributed by atoms with Crippen LogP contribution in [0, 0.1) is 0 Å². The van der Waals surface area contributed by atoms with Crippen LogP contribution >= 0.6 is 0 Å². The van der Waals surface area contributed by atoms with Gasteiger partial charge in [0.15, 0.2) is 0 Å². The first-order valence-corrected chi connectivity index (χ1v) is 10.9. The summed E-state index contributed by atoms with van der Waals surface area (Å²) in [7, 11) is 0. The molecule has 3 heteroatoms. The van der Waals surface area contributed by atoms with E-state index in [1.54, 1.807) is 12.1 Å². The van der Waals surface area contributed by atoms with E-state index < -0.39 is 0 Å². The van der Waals surface area contributed by atoms with Crippen LogP contribution in [0.3, 0.4) is 0 Å². The molecule has 0 fully saturated rings. The summed E-state index contributed by atoms with van der Waals surface area (Å²) in [6.45, 7) is 10.8. The zero-order valence-corrected chi connectivity index (χ0v) is 19.1. The first-order chi connectivity index (χ1) is 14.8. The van der Waals surface area contributed by atoms with Gasteiger partial charge in [0.1, 0.15) is 17.1 Å². The Hall–Kier alpha value is -3.07. The molecule has 3 aromatic rings. The van der Waals surface area contributed by atoms with E-state index in [9.17, 15) is 4.79 Å². The summed E-state index contributed by atoms with van der Waals surface area (Å²) >= 11 is 0. The number of hydrogen-bond donors (Lipinski definition) is 0. The number of rotatable bonds is 8. The second-order valence-corrected chi connectivity index (χ2v) is 8.69. The minimum Gasteiger partial charge on any atom is -0.488 e. The molecule has 0 amide bonds. The average Bonchev–Trinajstić information content (AvgIpc) is 2.80. The highest BCUT2D eigenvalue weighted by molar-refractivity contribution is 5.90. The lowest BCUT2D eigenvalue weighted by Crippen LogP contribution is -2.30. The second-order valence-electron chi connectivity index (χ2n) is 8.69. The molecular weight excluding hydrogens is 384 g/mol. The molecule has 0 N–H and O–H groups in total. The van der Waals surface area contributed by atoms with Crippen LogP contribution in [0.25, 0.3) is 0 Å². The maximum absolute atomic E-state index is 12.3. The Morgan fingerprint density at radius 3 is 1.68 bits per heavy atom. The summed E-state index contributed by atoms with van der Waals surface area (Å²) in [4.78, 5) is 12.3. The third-order valence-corrected chi connectivity index (χ3v) is 6.23. The van der Waals surface area contributed by atoms with Crippen molar-refractivity contribution in [2.45, 2.75) is 58.5 Å². The predicted molar refractivity (Wildman–Crippen MR) is 126 cm³/mol. The Bertz CT molecular complexity index is 983. The zero-order chi connectivity index (χ0) is 22.5. The maximum atomic E-state index is 12.3. The highest BCUT2D eigenvalue weighted by Gasteiger charge is 2.25. The smallest absolute Gasteiger partial charge is 0.343 e. The van der Waals surface area contributed by atoms with Crippen molar-refractivity contribution in [3.63, 3.8) is 0 Å². The normalized spacial score (nSPS) is 11.8. The Morgan fingerprint density at radius 1 is 0.710 bits per heavy atom. The largest absolute Gasteiger partial charge is 0.488 e. The van der Waals surface area contributed by atoms with Crippen molar-refractivity contribution in [3.05, 3.63) is 95.6 Å². The van der Waals surface area contributed by atoms with Crippen molar-refractivity contribution in [2.75, 3.05) is 0 Å². The van der Waals surface area contributed by atoms with Crippen LogP contribution in [-0.2, 0) is 5.41 Å². The Kier molecular flexibility index (Phi) is 6.84. The summed E-state index contributed by atoms with van der Waals surface area (Å²) in [5.41, 5.74) is 2.55. The first-order valence-electron chi connectivity index (χ1n) is 10.9. The van der Waals surface area contributed by atoms with Gasteiger partial charge in [-0.15, -0.1) is 0 Å². The molecule has 0 heterocycles. The van der Waals surface area contributed by atoms with Gasteiger partial charge >= 0.3 is 5.97 Å². The summed E-state index contributed by atoms with van der Waals surface area (Å²) in [5.74, 6) is 1.08. The lowest BCUT2D eigenvalue weighted by atomic mass is 9.78. The topological polar surface area (TPSA) is 35.5 Å². The van der Waals surface area contributed by atoms with E-state index >= 15 is 0 Å². The second kappa shape index (κ2) is 9.38. The van der Waals surface area contributed by atoms with Gasteiger partial charge in [0.25, 0.3) is 0 Å². The number of carbonyl (C=O) groups excluding carboxylic acids is 1. The standard InChI is InChI=1S/C28H32O3/c1-6-28(5,7-2)31-25-19-15-23(16-20-25)27(3,4)22-13-17-24(18-14-22)30-26(29)21-11-9-8-10-12-21/h8-20H,6-7H2,1-5H3. The van der Waals surface area contributed by atoms with Gasteiger partial charge in [-0.25, -0.2) is 4.79 Å². The van der Waals surface area contributed by atoms with Gasteiger partial charge < -0.3 is 9.47 Å². The van der Waals surface area contributed by atoms with E-state index in [0.717, 1.165) is 24.2 Å². The maximum Gasteiger partial charge on any atom is 0.343 e. The Labute approximate surface area is 186 Å². The van der Waals surface area contributed by atoms with Crippen molar-refractivity contribution < 1.29 is 14.3 Å². The third-order valence-electron chi connectivity index (χ3n) is 6.23. The molecule has 0 aliphatic heterocycles. The minimum absolute atomic E-state index is 0.135. The van der Waals surface area contributed by atoms with Gasteiger partial charge in [0.05, 0.1) is 5.56 Å². The van der Waals surface area contributed by atoms with E-state index in [-0.39, 0.29) is 17.0 Å². The summed E-state index contributed by atoms with van der Waals surface area (Å²) in [6, 6.07) is 25.1. The average molecular weight is 417 g/mol. The molecule has 0 saturated heterocycles. The van der Waals surface area contributed by atoms with Crippen molar-refractivity contribution in [1.82, 2.24) is 0 Å². The van der Waals surface area contributed by atoms with Crippen LogP contribution in [0.2, 0.25) is 0 Å². The zero-order valence-electron chi connectivity index (χ0n) is 19.1.